The Balaban J connectivity index is 5.49. The molecular formula is C85H136O17P2. The Kier molecular flexibility index (Phi) is 71.2. The second-order valence-corrected chi connectivity index (χ2v) is 28.0. The van der Waals surface area contributed by atoms with Gasteiger partial charge in [-0.15, -0.1) is 0 Å². The molecule has 17 nitrogen and oxygen atoms in total. The summed E-state index contributed by atoms with van der Waals surface area (Å²) in [6.45, 7) is 4.21. The summed E-state index contributed by atoms with van der Waals surface area (Å²) in [5.41, 5.74) is 0. The highest BCUT2D eigenvalue weighted by Crippen LogP contribution is 2.45. The number of phosphoric ester groups is 2. The Morgan fingerprint density at radius 1 is 0.279 bits per heavy atom. The molecule has 5 unspecified atom stereocenters. The molecule has 0 radical (unpaired) electrons. The van der Waals surface area contributed by atoms with Gasteiger partial charge < -0.3 is 33.8 Å². The molecule has 0 aliphatic heterocycles. The summed E-state index contributed by atoms with van der Waals surface area (Å²) >= 11 is 0. The minimum Gasteiger partial charge on any atom is -0.462 e. The summed E-state index contributed by atoms with van der Waals surface area (Å²) in [4.78, 5) is 72.9. The molecule has 0 aromatic rings. The molecule has 3 N–H and O–H groups in total. The number of esters is 4. The maximum absolute atomic E-state index is 13.1. The molecule has 0 bridgehead atoms. The molecule has 0 fully saturated rings. The molecule has 5 atom stereocenters. The Hall–Kier alpha value is -5.84. The van der Waals surface area contributed by atoms with E-state index in [1.807, 2.05) is 24.3 Å². The van der Waals surface area contributed by atoms with Gasteiger partial charge in [0.2, 0.25) is 0 Å². The van der Waals surface area contributed by atoms with Crippen molar-refractivity contribution in [2.75, 3.05) is 39.6 Å². The van der Waals surface area contributed by atoms with Crippen LogP contribution >= 0.6 is 15.6 Å². The van der Waals surface area contributed by atoms with E-state index in [2.05, 4.69) is 180 Å². The SMILES string of the molecule is CC/C=C\C/C=C\C/C=C\C/C=C\C/C=C\CC(=O)OCC(COP(=O)(O)OCC(O)COP(=O)(O)OCC(COC(=O)CCCCCCCCC/C=C\C/C=C\C/C=C\CC)OC(=O)CCCCCCCCC/C=C\C/C=C\C/C=C\CC)OC(=O)CCCC/C=C\C/C=C\C/C=C\C/C=C\CC. The first-order valence-corrected chi connectivity index (χ1v) is 42.0. The monoisotopic (exact) mass is 1490 g/mol. The zero-order valence-corrected chi connectivity index (χ0v) is 65.9. The minimum atomic E-state index is -5.02. The van der Waals surface area contributed by atoms with Crippen LogP contribution in [0.2, 0.25) is 0 Å². The summed E-state index contributed by atoms with van der Waals surface area (Å²) in [6, 6.07) is 0. The molecular weight excluding hydrogens is 1350 g/mol. The lowest BCUT2D eigenvalue weighted by atomic mass is 10.1. The molecule has 0 aromatic carbocycles. The summed E-state index contributed by atoms with van der Waals surface area (Å²) in [5, 5.41) is 10.6. The predicted molar refractivity (Wildman–Crippen MR) is 426 cm³/mol. The third kappa shape index (κ3) is 74.4. The predicted octanol–water partition coefficient (Wildman–Crippen LogP) is 22.8. The zero-order valence-electron chi connectivity index (χ0n) is 64.1. The minimum absolute atomic E-state index is 0.0163. The van der Waals surface area contributed by atoms with Gasteiger partial charge >= 0.3 is 39.5 Å². The highest BCUT2D eigenvalue weighted by molar-refractivity contribution is 7.47. The van der Waals surface area contributed by atoms with Crippen molar-refractivity contribution in [3.8, 4) is 0 Å². The van der Waals surface area contributed by atoms with Crippen LogP contribution in [0.15, 0.2) is 182 Å². The van der Waals surface area contributed by atoms with Crippen molar-refractivity contribution in [1.82, 2.24) is 0 Å². The first kappa shape index (κ1) is 98.2. The van der Waals surface area contributed by atoms with Crippen molar-refractivity contribution in [3.63, 3.8) is 0 Å². The number of aliphatic hydroxyl groups is 1. The standard InChI is InChI=1S/C85H136O17P2/c1-5-9-13-17-21-25-29-33-37-39-43-46-50-54-58-62-66-70-83(88)96-76-81(102-85(90)72-68-64-60-56-52-48-44-40-38-34-30-26-22-18-14-10-6-2)78-100-104(93,94)98-74-79(86)73-97-103(91,92)99-77-80(101-84(89)71-67-63-59-55-51-47-42-36-32-28-24-20-16-12-8-4)75-95-82(87)69-65-61-57-53-49-45-41-35-31-27-23-19-15-11-7-3/h9-16,21-28,33-38,41-42,49,51,53,55,61,65,79-81,86H,5-8,17-20,29-32,39-40,43-48,50,52,54,56-60,62-64,66-78H2,1-4H3,(H,91,92)(H,93,94)/b13-9-,14-10-,15-11-,16-12-,25-21-,26-22-,27-23-,28-24-,37-33-,38-34-,41-35-,42-36-,53-49-,55-51-,65-61-. The van der Waals surface area contributed by atoms with E-state index in [4.69, 9.17) is 37.0 Å². The number of ether oxygens (including phenoxy) is 4. The van der Waals surface area contributed by atoms with Crippen molar-refractivity contribution in [1.29, 1.82) is 0 Å². The molecule has 0 rings (SSSR count). The van der Waals surface area contributed by atoms with E-state index in [1.54, 1.807) is 6.08 Å². The Morgan fingerprint density at radius 3 is 0.827 bits per heavy atom. The molecule has 19 heteroatoms. The second kappa shape index (κ2) is 75.4. The Bertz CT molecular complexity index is 2690. The first-order valence-electron chi connectivity index (χ1n) is 39.0. The molecule has 0 amide bonds. The number of carbonyl (C=O) groups excluding carboxylic acids is 4. The Morgan fingerprint density at radius 2 is 0.510 bits per heavy atom. The molecule has 104 heavy (non-hydrogen) atoms. The Labute approximate surface area is 628 Å². The van der Waals surface area contributed by atoms with Crippen LogP contribution in [-0.2, 0) is 65.4 Å². The van der Waals surface area contributed by atoms with Gasteiger partial charge in [0.25, 0.3) is 0 Å². The quantitative estimate of drug-likeness (QED) is 0.0169. The second-order valence-electron chi connectivity index (χ2n) is 25.1. The maximum atomic E-state index is 13.1. The third-order valence-corrected chi connectivity index (χ3v) is 17.3. The topological polar surface area (TPSA) is 237 Å². The highest BCUT2D eigenvalue weighted by atomic mass is 31.2. The third-order valence-electron chi connectivity index (χ3n) is 15.4. The van der Waals surface area contributed by atoms with E-state index in [0.29, 0.717) is 32.1 Å². The lowest BCUT2D eigenvalue weighted by Crippen LogP contribution is -2.30. The number of hydrogen-bond donors (Lipinski definition) is 3. The van der Waals surface area contributed by atoms with E-state index in [1.165, 1.54) is 0 Å². The van der Waals surface area contributed by atoms with Gasteiger partial charge in [0, 0.05) is 19.3 Å². The normalized spacial score (nSPS) is 14.9. The lowest BCUT2D eigenvalue weighted by molar-refractivity contribution is -0.161. The first-order chi connectivity index (χ1) is 50.7. The summed E-state index contributed by atoms with van der Waals surface area (Å²) in [6.07, 6.45) is 90.5. The molecule has 0 heterocycles. The van der Waals surface area contributed by atoms with Gasteiger partial charge in [-0.3, -0.25) is 37.3 Å². The van der Waals surface area contributed by atoms with E-state index in [-0.39, 0.29) is 25.7 Å². The van der Waals surface area contributed by atoms with Crippen LogP contribution in [0.4, 0.5) is 0 Å². The molecule has 0 aliphatic rings. The number of allylic oxidation sites excluding steroid dienone is 29. The number of phosphoric acid groups is 2. The van der Waals surface area contributed by atoms with E-state index in [9.17, 15) is 43.2 Å². The van der Waals surface area contributed by atoms with Crippen molar-refractivity contribution in [3.05, 3.63) is 182 Å². The van der Waals surface area contributed by atoms with Gasteiger partial charge in [-0.05, 0) is 154 Å². The molecule has 588 valence electrons. The summed E-state index contributed by atoms with van der Waals surface area (Å²) < 4.78 is 68.4. The van der Waals surface area contributed by atoms with Crippen LogP contribution < -0.4 is 0 Å². The van der Waals surface area contributed by atoms with Gasteiger partial charge in [0.05, 0.1) is 32.8 Å². The number of aliphatic hydroxyl groups excluding tert-OH is 1. The largest absolute Gasteiger partial charge is 0.472 e. The number of hydrogen-bond acceptors (Lipinski definition) is 15. The van der Waals surface area contributed by atoms with Crippen LogP contribution in [-0.4, -0.2) is 96.7 Å². The smallest absolute Gasteiger partial charge is 0.462 e. The van der Waals surface area contributed by atoms with Crippen LogP contribution in [0.3, 0.4) is 0 Å². The van der Waals surface area contributed by atoms with Gasteiger partial charge in [-0.2, -0.15) is 0 Å². The van der Waals surface area contributed by atoms with Crippen LogP contribution in [0.25, 0.3) is 0 Å². The average Bonchev–Trinajstić information content (AvgIpc) is 0.926. The maximum Gasteiger partial charge on any atom is 0.472 e. The molecule has 0 saturated carbocycles. The fraction of sp³-hybridized carbons (Fsp3) is 0.600. The van der Waals surface area contributed by atoms with Gasteiger partial charge in [0.15, 0.2) is 12.2 Å². The van der Waals surface area contributed by atoms with Crippen molar-refractivity contribution < 1.29 is 80.2 Å². The zero-order chi connectivity index (χ0) is 76.0. The van der Waals surface area contributed by atoms with Gasteiger partial charge in [-0.25, -0.2) is 9.13 Å². The van der Waals surface area contributed by atoms with E-state index in [0.717, 1.165) is 186 Å². The molecule has 0 aliphatic carbocycles. The summed E-state index contributed by atoms with van der Waals surface area (Å²) in [7, 11) is -10.0. The fourth-order valence-corrected chi connectivity index (χ4v) is 11.2. The molecule has 0 spiro atoms. The molecule has 0 aromatic heterocycles. The van der Waals surface area contributed by atoms with Crippen molar-refractivity contribution in [2.24, 2.45) is 0 Å². The summed E-state index contributed by atoms with van der Waals surface area (Å²) in [5.74, 6) is -2.41. The van der Waals surface area contributed by atoms with Crippen LogP contribution in [0.1, 0.15) is 272 Å². The van der Waals surface area contributed by atoms with Crippen molar-refractivity contribution >= 4 is 39.5 Å². The van der Waals surface area contributed by atoms with Crippen LogP contribution in [0, 0.1) is 0 Å². The average molecular weight is 1490 g/mol. The van der Waals surface area contributed by atoms with Gasteiger partial charge in [-0.1, -0.05) is 274 Å². The fourth-order valence-electron chi connectivity index (χ4n) is 9.61. The lowest BCUT2D eigenvalue weighted by Gasteiger charge is -2.21. The van der Waals surface area contributed by atoms with Gasteiger partial charge in [0.1, 0.15) is 19.3 Å². The van der Waals surface area contributed by atoms with E-state index >= 15 is 0 Å². The molecule has 0 saturated heterocycles. The number of rotatable bonds is 71. The number of unbranched alkanes of at least 4 members (excludes halogenated alkanes) is 16. The van der Waals surface area contributed by atoms with Crippen molar-refractivity contribution in [2.45, 2.75) is 290 Å². The highest BCUT2D eigenvalue weighted by Gasteiger charge is 2.30. The van der Waals surface area contributed by atoms with E-state index < -0.39 is 97.5 Å². The van der Waals surface area contributed by atoms with Crippen LogP contribution in [0.5, 0.6) is 0 Å². The number of carbonyl (C=O) groups is 4.